The molecule has 0 amide bonds. The van der Waals surface area contributed by atoms with Crippen LogP contribution in [0.15, 0.2) is 0 Å². The van der Waals surface area contributed by atoms with Crippen LogP contribution in [0.25, 0.3) is 0 Å². The number of phosphoric acid groups is 1. The summed E-state index contributed by atoms with van der Waals surface area (Å²) in [4.78, 5) is 0. The summed E-state index contributed by atoms with van der Waals surface area (Å²) in [5.74, 6) is 0. The average molecular weight is 208 g/mol. The van der Waals surface area contributed by atoms with Gasteiger partial charge in [-0.2, -0.15) is 0 Å². The molecular formula is C7H13O5P. The van der Waals surface area contributed by atoms with E-state index in [1.54, 1.807) is 0 Å². The molecule has 2 aliphatic rings. The molecule has 0 aromatic heterocycles. The lowest BCUT2D eigenvalue weighted by atomic mass is 10.1. The number of rotatable bonds is 1. The number of ether oxygens (including phenoxy) is 1. The molecule has 2 saturated heterocycles. The van der Waals surface area contributed by atoms with Gasteiger partial charge >= 0.3 is 7.82 Å². The van der Waals surface area contributed by atoms with Gasteiger partial charge in [-0.05, 0) is 6.92 Å². The number of phosphoric ester groups is 1. The Morgan fingerprint density at radius 1 is 1.46 bits per heavy atom. The Morgan fingerprint density at radius 3 is 2.92 bits per heavy atom. The lowest BCUT2D eigenvalue weighted by Gasteiger charge is -2.28. The minimum absolute atomic E-state index is 0.0905. The fourth-order valence-corrected chi connectivity index (χ4v) is 2.77. The molecule has 0 radical (unpaired) electrons. The molecule has 0 bridgehead atoms. The van der Waals surface area contributed by atoms with Gasteiger partial charge in [-0.25, -0.2) is 4.57 Å². The first-order valence-corrected chi connectivity index (χ1v) is 5.73. The highest BCUT2D eigenvalue weighted by atomic mass is 31.2. The van der Waals surface area contributed by atoms with Gasteiger partial charge in [-0.15, -0.1) is 0 Å². The van der Waals surface area contributed by atoms with Crippen molar-refractivity contribution in [3.63, 3.8) is 0 Å². The Hall–Kier alpha value is 0.0700. The van der Waals surface area contributed by atoms with Crippen molar-refractivity contribution >= 4 is 7.82 Å². The normalized spacial score (nSPS) is 50.5. The number of fused-ring (bicyclic) bond motifs is 1. The maximum absolute atomic E-state index is 11.5. The van der Waals surface area contributed by atoms with Gasteiger partial charge in [0.25, 0.3) is 0 Å². The summed E-state index contributed by atoms with van der Waals surface area (Å²) in [6.07, 6.45) is 0.658. The molecular weight excluding hydrogens is 195 g/mol. The van der Waals surface area contributed by atoms with E-state index in [1.165, 1.54) is 7.11 Å². The van der Waals surface area contributed by atoms with Crippen molar-refractivity contribution in [2.75, 3.05) is 13.7 Å². The SMILES string of the molecule is COP1(=O)OCC2O[C@@H](C)C[C@@H]2O1. The molecule has 0 aromatic rings. The van der Waals surface area contributed by atoms with E-state index in [0.29, 0.717) is 6.61 Å². The second-order valence-corrected chi connectivity index (χ2v) is 5.02. The molecule has 2 rings (SSSR count). The molecule has 0 aromatic carbocycles. The van der Waals surface area contributed by atoms with Crippen molar-refractivity contribution in [3.8, 4) is 0 Å². The summed E-state index contributed by atoms with van der Waals surface area (Å²) < 4.78 is 31.8. The quantitative estimate of drug-likeness (QED) is 0.608. The first-order valence-electron chi connectivity index (χ1n) is 4.27. The summed E-state index contributed by atoms with van der Waals surface area (Å²) in [6.45, 7) is 2.25. The number of hydrogen-bond acceptors (Lipinski definition) is 5. The Morgan fingerprint density at radius 2 is 2.23 bits per heavy atom. The van der Waals surface area contributed by atoms with Crippen LogP contribution in [0.2, 0.25) is 0 Å². The second kappa shape index (κ2) is 3.33. The van der Waals surface area contributed by atoms with Gasteiger partial charge < -0.3 is 4.74 Å². The van der Waals surface area contributed by atoms with Crippen LogP contribution in [0.3, 0.4) is 0 Å². The third-order valence-electron chi connectivity index (χ3n) is 2.27. The zero-order chi connectivity index (χ0) is 9.47. The van der Waals surface area contributed by atoms with Gasteiger partial charge in [0.2, 0.25) is 0 Å². The van der Waals surface area contributed by atoms with Crippen molar-refractivity contribution in [3.05, 3.63) is 0 Å². The molecule has 2 aliphatic heterocycles. The number of hydrogen-bond donors (Lipinski definition) is 0. The standard InChI is InChI=1S/C7H13O5P/c1-5-3-6-7(11-5)4-10-13(8,9-2)12-6/h5-7H,3-4H2,1-2H3/t5-,6-,7?,13?/m0/s1. The minimum Gasteiger partial charge on any atom is -0.370 e. The van der Waals surface area contributed by atoms with Crippen LogP contribution in [0.1, 0.15) is 13.3 Å². The van der Waals surface area contributed by atoms with E-state index < -0.39 is 7.82 Å². The zero-order valence-corrected chi connectivity index (χ0v) is 8.53. The van der Waals surface area contributed by atoms with E-state index in [2.05, 4.69) is 4.52 Å². The highest BCUT2D eigenvalue weighted by Crippen LogP contribution is 2.54. The minimum atomic E-state index is -3.27. The summed E-state index contributed by atoms with van der Waals surface area (Å²) >= 11 is 0. The topological polar surface area (TPSA) is 54.0 Å². The van der Waals surface area contributed by atoms with E-state index in [-0.39, 0.29) is 18.3 Å². The lowest BCUT2D eigenvalue weighted by Crippen LogP contribution is -2.33. The molecule has 6 heteroatoms. The Balaban J connectivity index is 2.05. The molecule has 2 unspecified atom stereocenters. The lowest BCUT2D eigenvalue weighted by molar-refractivity contribution is -0.0523. The predicted molar refractivity (Wildman–Crippen MR) is 44.4 cm³/mol. The molecule has 0 saturated carbocycles. The van der Waals surface area contributed by atoms with E-state index in [4.69, 9.17) is 13.8 Å². The largest absolute Gasteiger partial charge is 0.474 e. The average Bonchev–Trinajstić information content (AvgIpc) is 2.44. The molecule has 2 heterocycles. The maximum atomic E-state index is 11.5. The molecule has 76 valence electrons. The molecule has 0 aliphatic carbocycles. The van der Waals surface area contributed by atoms with Crippen LogP contribution in [-0.2, 0) is 22.9 Å². The molecule has 5 nitrogen and oxygen atoms in total. The van der Waals surface area contributed by atoms with Crippen LogP contribution in [-0.4, -0.2) is 32.0 Å². The summed E-state index contributed by atoms with van der Waals surface area (Å²) in [7, 11) is -1.95. The second-order valence-electron chi connectivity index (χ2n) is 3.29. The van der Waals surface area contributed by atoms with Crippen LogP contribution in [0.4, 0.5) is 0 Å². The molecule has 0 spiro atoms. The summed E-state index contributed by atoms with van der Waals surface area (Å²) in [6, 6.07) is 0. The fraction of sp³-hybridized carbons (Fsp3) is 1.00. The van der Waals surface area contributed by atoms with Gasteiger partial charge in [0.1, 0.15) is 12.2 Å². The van der Waals surface area contributed by atoms with Gasteiger partial charge in [0.15, 0.2) is 0 Å². The van der Waals surface area contributed by atoms with E-state index >= 15 is 0 Å². The van der Waals surface area contributed by atoms with Crippen molar-refractivity contribution in [1.82, 2.24) is 0 Å². The van der Waals surface area contributed by atoms with Gasteiger partial charge in [-0.3, -0.25) is 13.6 Å². The first kappa shape index (κ1) is 9.62. The first-order chi connectivity index (χ1) is 6.13. The van der Waals surface area contributed by atoms with Crippen LogP contribution < -0.4 is 0 Å². The summed E-state index contributed by atoms with van der Waals surface area (Å²) in [5, 5.41) is 0. The van der Waals surface area contributed by atoms with Crippen LogP contribution >= 0.6 is 7.82 Å². The van der Waals surface area contributed by atoms with Crippen molar-refractivity contribution < 1.29 is 22.9 Å². The highest BCUT2D eigenvalue weighted by Gasteiger charge is 2.45. The van der Waals surface area contributed by atoms with Crippen molar-refractivity contribution in [1.29, 1.82) is 0 Å². The van der Waals surface area contributed by atoms with Gasteiger partial charge in [-0.1, -0.05) is 0 Å². The van der Waals surface area contributed by atoms with Crippen molar-refractivity contribution in [2.45, 2.75) is 31.7 Å². The fourth-order valence-electron chi connectivity index (χ4n) is 1.63. The highest BCUT2D eigenvalue weighted by molar-refractivity contribution is 7.48. The zero-order valence-electron chi connectivity index (χ0n) is 7.63. The Labute approximate surface area is 76.9 Å². The third-order valence-corrected chi connectivity index (χ3v) is 3.71. The summed E-state index contributed by atoms with van der Waals surface area (Å²) in [5.41, 5.74) is 0. The smallest absolute Gasteiger partial charge is 0.370 e. The molecule has 4 atom stereocenters. The van der Waals surface area contributed by atoms with Crippen LogP contribution in [0.5, 0.6) is 0 Å². The molecule has 0 N–H and O–H groups in total. The maximum Gasteiger partial charge on any atom is 0.474 e. The van der Waals surface area contributed by atoms with Gasteiger partial charge in [0.05, 0.1) is 12.7 Å². The molecule has 13 heavy (non-hydrogen) atoms. The van der Waals surface area contributed by atoms with E-state index in [1.807, 2.05) is 6.92 Å². The monoisotopic (exact) mass is 208 g/mol. The Bertz CT molecular complexity index is 243. The third kappa shape index (κ3) is 1.80. The van der Waals surface area contributed by atoms with Crippen molar-refractivity contribution in [2.24, 2.45) is 0 Å². The Kier molecular flexibility index (Phi) is 2.47. The predicted octanol–water partition coefficient (Wildman–Crippen LogP) is 1.33. The molecule has 2 fully saturated rings. The van der Waals surface area contributed by atoms with Gasteiger partial charge in [0, 0.05) is 13.5 Å². The van der Waals surface area contributed by atoms with Crippen LogP contribution in [0, 0.1) is 0 Å². The van der Waals surface area contributed by atoms with E-state index in [9.17, 15) is 4.57 Å². The van der Waals surface area contributed by atoms with E-state index in [0.717, 1.165) is 6.42 Å².